The average Bonchev–Trinajstić information content (AvgIpc) is 2.49. The Kier molecular flexibility index (Phi) is 6.25. The molecule has 2 aromatic carbocycles. The first kappa shape index (κ1) is 20.6. The van der Waals surface area contributed by atoms with Crippen molar-refractivity contribution < 1.29 is 4.79 Å². The molecule has 2 aromatic rings. The molecule has 3 nitrogen and oxygen atoms in total. The lowest BCUT2D eigenvalue weighted by molar-refractivity contribution is 0.0977. The molecule has 0 spiro atoms. The fourth-order valence-corrected chi connectivity index (χ4v) is 4.13. The predicted molar refractivity (Wildman–Crippen MR) is 117 cm³/mol. The second-order valence-electron chi connectivity index (χ2n) is 7.63. The van der Waals surface area contributed by atoms with Crippen LogP contribution in [0.25, 0.3) is 0 Å². The van der Waals surface area contributed by atoms with Crippen molar-refractivity contribution >= 4 is 44.9 Å². The summed E-state index contributed by atoms with van der Waals surface area (Å²) in [7, 11) is 0. The highest BCUT2D eigenvalue weighted by Gasteiger charge is 2.19. The third-order valence-corrected chi connectivity index (χ3v) is 5.04. The number of amides is 1. The van der Waals surface area contributed by atoms with Crippen molar-refractivity contribution in [2.45, 2.75) is 47.0 Å². The first-order valence-electron chi connectivity index (χ1n) is 8.49. The Balaban J connectivity index is 2.13. The quantitative estimate of drug-likeness (QED) is 0.589. The molecule has 26 heavy (non-hydrogen) atoms. The Hall–Kier alpha value is -1.72. The molecule has 0 aromatic heterocycles. The second kappa shape index (κ2) is 7.89. The van der Waals surface area contributed by atoms with E-state index in [1.807, 2.05) is 32.0 Å². The summed E-state index contributed by atoms with van der Waals surface area (Å²) in [6.45, 7) is 12.5. The Morgan fingerprint density at radius 3 is 2.12 bits per heavy atom. The molecule has 0 heterocycles. The molecule has 2 rings (SSSR count). The van der Waals surface area contributed by atoms with Crippen LogP contribution >= 0.6 is 28.1 Å². The minimum Gasteiger partial charge on any atom is -0.332 e. The molecular formula is C21H25BrN2OS. The summed E-state index contributed by atoms with van der Waals surface area (Å²) in [4.78, 5) is 12.5. The number of aryl methyl sites for hydroxylation is 3. The summed E-state index contributed by atoms with van der Waals surface area (Å²) in [5.41, 5.74) is 6.04. The molecule has 0 aliphatic carbocycles. The van der Waals surface area contributed by atoms with Gasteiger partial charge in [-0.15, -0.1) is 0 Å². The van der Waals surface area contributed by atoms with Crippen molar-refractivity contribution in [2.75, 3.05) is 5.32 Å². The number of benzene rings is 2. The van der Waals surface area contributed by atoms with E-state index in [9.17, 15) is 4.79 Å². The number of halogens is 1. The maximum absolute atomic E-state index is 12.5. The van der Waals surface area contributed by atoms with Crippen LogP contribution in [-0.2, 0) is 5.41 Å². The number of carbonyl (C=O) groups excluding carboxylic acids is 1. The van der Waals surface area contributed by atoms with E-state index in [2.05, 4.69) is 66.4 Å². The van der Waals surface area contributed by atoms with Gasteiger partial charge in [0.1, 0.15) is 0 Å². The van der Waals surface area contributed by atoms with Crippen molar-refractivity contribution in [3.8, 4) is 0 Å². The predicted octanol–water partition coefficient (Wildman–Crippen LogP) is 5.80. The van der Waals surface area contributed by atoms with Gasteiger partial charge in [-0.2, -0.15) is 0 Å². The highest BCUT2D eigenvalue weighted by atomic mass is 79.9. The minimum absolute atomic E-state index is 0.00515. The van der Waals surface area contributed by atoms with Gasteiger partial charge in [-0.3, -0.25) is 10.1 Å². The van der Waals surface area contributed by atoms with Gasteiger partial charge in [0.05, 0.1) is 0 Å². The Bertz CT molecular complexity index is 846. The number of thiocarbonyl (C=S) groups is 1. The molecule has 0 fully saturated rings. The lowest BCUT2D eigenvalue weighted by Gasteiger charge is -2.21. The van der Waals surface area contributed by atoms with Gasteiger partial charge in [0, 0.05) is 15.7 Å². The molecule has 0 saturated heterocycles. The Labute approximate surface area is 169 Å². The van der Waals surface area contributed by atoms with Crippen LogP contribution in [0.4, 0.5) is 5.69 Å². The Morgan fingerprint density at radius 1 is 1.04 bits per heavy atom. The molecule has 0 atom stereocenters. The molecule has 2 N–H and O–H groups in total. The van der Waals surface area contributed by atoms with E-state index in [1.165, 1.54) is 5.56 Å². The fourth-order valence-electron chi connectivity index (χ4n) is 2.96. The minimum atomic E-state index is -0.230. The molecule has 0 unspecified atom stereocenters. The zero-order valence-corrected chi connectivity index (χ0v) is 18.5. The van der Waals surface area contributed by atoms with Crippen LogP contribution in [0.3, 0.4) is 0 Å². The summed E-state index contributed by atoms with van der Waals surface area (Å²) in [5.74, 6) is -0.230. The van der Waals surface area contributed by atoms with E-state index in [4.69, 9.17) is 12.2 Å². The monoisotopic (exact) mass is 432 g/mol. The van der Waals surface area contributed by atoms with Gasteiger partial charge in [-0.05, 0) is 67.2 Å². The first-order valence-corrected chi connectivity index (χ1v) is 9.69. The van der Waals surface area contributed by atoms with E-state index in [1.54, 1.807) is 0 Å². The van der Waals surface area contributed by atoms with Crippen LogP contribution in [0, 0.1) is 20.8 Å². The van der Waals surface area contributed by atoms with Crippen molar-refractivity contribution in [2.24, 2.45) is 0 Å². The number of hydrogen-bond donors (Lipinski definition) is 2. The molecule has 138 valence electrons. The first-order chi connectivity index (χ1) is 12.0. The number of anilines is 1. The number of carbonyl (C=O) groups is 1. The summed E-state index contributed by atoms with van der Waals surface area (Å²) in [5, 5.41) is 6.20. The summed E-state index contributed by atoms with van der Waals surface area (Å²) in [6.07, 6.45) is 0. The van der Waals surface area contributed by atoms with Gasteiger partial charge in [0.2, 0.25) is 0 Å². The number of hydrogen-bond acceptors (Lipinski definition) is 2. The van der Waals surface area contributed by atoms with E-state index < -0.39 is 0 Å². The standard InChI is InChI=1S/C21H25BrN2OS/c1-12-9-13(2)18(14(3)10-12)23-20(26)24-19(25)15-7-8-16(17(22)11-15)21(4,5)6/h7-11H,1-6H3,(H2,23,24,25,26). The smallest absolute Gasteiger partial charge is 0.257 e. The zero-order chi connectivity index (χ0) is 19.6. The van der Waals surface area contributed by atoms with E-state index in [0.717, 1.165) is 26.9 Å². The van der Waals surface area contributed by atoms with Crippen molar-refractivity contribution in [3.05, 3.63) is 62.6 Å². The van der Waals surface area contributed by atoms with Crippen LogP contribution in [0.5, 0.6) is 0 Å². The highest BCUT2D eigenvalue weighted by Crippen LogP contribution is 2.30. The van der Waals surface area contributed by atoms with Crippen LogP contribution < -0.4 is 10.6 Å². The highest BCUT2D eigenvalue weighted by molar-refractivity contribution is 9.10. The average molecular weight is 433 g/mol. The Morgan fingerprint density at radius 2 is 1.62 bits per heavy atom. The molecule has 0 saturated carbocycles. The fraction of sp³-hybridized carbons (Fsp3) is 0.333. The van der Waals surface area contributed by atoms with Crippen molar-refractivity contribution in [3.63, 3.8) is 0 Å². The molecule has 0 aliphatic heterocycles. The number of rotatable bonds is 2. The third kappa shape index (κ3) is 4.92. The normalized spacial score (nSPS) is 11.2. The second-order valence-corrected chi connectivity index (χ2v) is 8.89. The summed E-state index contributed by atoms with van der Waals surface area (Å²) >= 11 is 8.90. The van der Waals surface area contributed by atoms with Gasteiger partial charge < -0.3 is 5.32 Å². The number of nitrogens with one attached hydrogen (secondary N) is 2. The molecule has 1 amide bonds. The van der Waals surface area contributed by atoms with Crippen LogP contribution in [0.2, 0.25) is 0 Å². The van der Waals surface area contributed by atoms with Gasteiger partial charge in [0.15, 0.2) is 5.11 Å². The maximum atomic E-state index is 12.5. The zero-order valence-electron chi connectivity index (χ0n) is 16.1. The molecule has 0 bridgehead atoms. The van der Waals surface area contributed by atoms with E-state index in [0.29, 0.717) is 10.7 Å². The topological polar surface area (TPSA) is 41.1 Å². The van der Waals surface area contributed by atoms with Crippen molar-refractivity contribution in [1.82, 2.24) is 5.32 Å². The summed E-state index contributed by atoms with van der Waals surface area (Å²) < 4.78 is 0.918. The van der Waals surface area contributed by atoms with Crippen molar-refractivity contribution in [1.29, 1.82) is 0 Å². The SMILES string of the molecule is Cc1cc(C)c(NC(=S)NC(=O)c2ccc(C(C)(C)C)c(Br)c2)c(C)c1. The van der Waals surface area contributed by atoms with Gasteiger partial charge in [-0.1, -0.05) is 60.5 Å². The lowest BCUT2D eigenvalue weighted by Crippen LogP contribution is -2.34. The molecular weight excluding hydrogens is 408 g/mol. The largest absolute Gasteiger partial charge is 0.332 e. The van der Waals surface area contributed by atoms with Crippen LogP contribution in [0.15, 0.2) is 34.8 Å². The van der Waals surface area contributed by atoms with Gasteiger partial charge in [0.25, 0.3) is 5.91 Å². The maximum Gasteiger partial charge on any atom is 0.257 e. The molecule has 0 radical (unpaired) electrons. The van der Waals surface area contributed by atoms with Gasteiger partial charge >= 0.3 is 0 Å². The molecule has 5 heteroatoms. The van der Waals surface area contributed by atoms with E-state index >= 15 is 0 Å². The molecule has 0 aliphatic rings. The van der Waals surface area contributed by atoms with Gasteiger partial charge in [-0.25, -0.2) is 0 Å². The van der Waals surface area contributed by atoms with Crippen LogP contribution in [-0.4, -0.2) is 11.0 Å². The summed E-state index contributed by atoms with van der Waals surface area (Å²) in [6, 6.07) is 9.81. The lowest BCUT2D eigenvalue weighted by atomic mass is 9.86. The third-order valence-electron chi connectivity index (χ3n) is 4.18. The van der Waals surface area contributed by atoms with Crippen LogP contribution in [0.1, 0.15) is 53.4 Å². The van der Waals surface area contributed by atoms with E-state index in [-0.39, 0.29) is 11.3 Å².